The molecule has 3 aliphatic rings. The third-order valence-corrected chi connectivity index (χ3v) is 5.86. The zero-order chi connectivity index (χ0) is 20.5. The van der Waals surface area contributed by atoms with Crippen LogP contribution in [0, 0.1) is 0 Å². The Labute approximate surface area is 174 Å². The summed E-state index contributed by atoms with van der Waals surface area (Å²) in [5, 5.41) is 9.31. The Balaban J connectivity index is 1.50. The number of carboxylic acid groups (broad SMARTS) is 1. The number of piperazine rings is 1. The van der Waals surface area contributed by atoms with Crippen molar-refractivity contribution >= 4 is 6.09 Å². The smallest absolute Gasteiger partial charge is 0.407 e. The summed E-state index contributed by atoms with van der Waals surface area (Å²) >= 11 is 0. The lowest BCUT2D eigenvalue weighted by Crippen LogP contribution is -2.49. The van der Waals surface area contributed by atoms with Gasteiger partial charge in [-0.25, -0.2) is 4.79 Å². The molecule has 0 atom stereocenters. The molecule has 0 saturated carbocycles. The predicted molar refractivity (Wildman–Crippen MR) is 106 cm³/mol. The third kappa shape index (κ3) is 3.69. The van der Waals surface area contributed by atoms with Crippen molar-refractivity contribution in [2.24, 2.45) is 0 Å². The van der Waals surface area contributed by atoms with E-state index in [1.54, 1.807) is 0 Å². The maximum atomic E-state index is 11.3. The van der Waals surface area contributed by atoms with Crippen molar-refractivity contribution in [3.05, 3.63) is 58.7 Å². The van der Waals surface area contributed by atoms with Crippen molar-refractivity contribution in [2.45, 2.75) is 19.3 Å². The fraction of sp³-hybridized carbons (Fsp3) is 0.409. The SMILES string of the molecule is O=C(O)N1CCN(C(c2ccc3c(c2)COCO3)c2ccc3c(c2)COCO3)CC1. The van der Waals surface area contributed by atoms with Gasteiger partial charge in [-0.1, -0.05) is 12.1 Å². The zero-order valence-electron chi connectivity index (χ0n) is 16.6. The Bertz CT molecular complexity index is 882. The van der Waals surface area contributed by atoms with E-state index in [0.29, 0.717) is 39.4 Å². The number of hydrogen-bond donors (Lipinski definition) is 1. The average molecular weight is 412 g/mol. The summed E-state index contributed by atoms with van der Waals surface area (Å²) < 4.78 is 22.1. The van der Waals surface area contributed by atoms with Crippen molar-refractivity contribution in [1.29, 1.82) is 0 Å². The number of carbonyl (C=O) groups is 1. The molecule has 1 amide bonds. The minimum atomic E-state index is -0.864. The fourth-order valence-electron chi connectivity index (χ4n) is 4.35. The molecule has 30 heavy (non-hydrogen) atoms. The number of rotatable bonds is 3. The summed E-state index contributed by atoms with van der Waals surface area (Å²) in [6, 6.07) is 12.4. The largest absolute Gasteiger partial charge is 0.467 e. The highest BCUT2D eigenvalue weighted by Crippen LogP contribution is 2.36. The van der Waals surface area contributed by atoms with Crippen molar-refractivity contribution in [3.63, 3.8) is 0 Å². The maximum Gasteiger partial charge on any atom is 0.407 e. The normalized spacial score (nSPS) is 18.9. The number of amides is 1. The van der Waals surface area contributed by atoms with Crippen LogP contribution >= 0.6 is 0 Å². The predicted octanol–water partition coefficient (Wildman–Crippen LogP) is 2.80. The highest BCUT2D eigenvalue weighted by Gasteiger charge is 2.29. The lowest BCUT2D eigenvalue weighted by Gasteiger charge is -2.39. The van der Waals surface area contributed by atoms with Crippen LogP contribution in [0.15, 0.2) is 36.4 Å². The summed E-state index contributed by atoms with van der Waals surface area (Å²) in [6.45, 7) is 3.88. The van der Waals surface area contributed by atoms with Gasteiger partial charge < -0.3 is 29.0 Å². The molecule has 0 aliphatic carbocycles. The molecule has 0 spiro atoms. The second-order valence-corrected chi connectivity index (χ2v) is 7.66. The monoisotopic (exact) mass is 412 g/mol. The van der Waals surface area contributed by atoms with Crippen LogP contribution in [0.25, 0.3) is 0 Å². The molecule has 0 unspecified atom stereocenters. The van der Waals surface area contributed by atoms with Crippen LogP contribution in [0.5, 0.6) is 11.5 Å². The van der Waals surface area contributed by atoms with Crippen LogP contribution in [0.2, 0.25) is 0 Å². The van der Waals surface area contributed by atoms with Crippen LogP contribution in [-0.4, -0.2) is 60.8 Å². The van der Waals surface area contributed by atoms with E-state index in [-0.39, 0.29) is 19.6 Å². The van der Waals surface area contributed by atoms with Crippen molar-refractivity contribution in [2.75, 3.05) is 39.8 Å². The number of hydrogen-bond acceptors (Lipinski definition) is 6. The van der Waals surface area contributed by atoms with Crippen LogP contribution in [0.1, 0.15) is 28.3 Å². The van der Waals surface area contributed by atoms with Crippen molar-refractivity contribution < 1.29 is 28.8 Å². The summed E-state index contributed by atoms with van der Waals surface area (Å²) in [6.07, 6.45) is -0.864. The Kier molecular flexibility index (Phi) is 5.20. The minimum absolute atomic E-state index is 0.0135. The summed E-state index contributed by atoms with van der Waals surface area (Å²) in [7, 11) is 0. The molecule has 1 fully saturated rings. The highest BCUT2D eigenvalue weighted by molar-refractivity contribution is 5.65. The first-order chi connectivity index (χ1) is 14.7. The first kappa shape index (κ1) is 19.2. The molecule has 3 aliphatic heterocycles. The minimum Gasteiger partial charge on any atom is -0.467 e. The lowest BCUT2D eigenvalue weighted by molar-refractivity contribution is -0.0165. The Morgan fingerprint density at radius 2 is 1.37 bits per heavy atom. The van der Waals surface area contributed by atoms with Gasteiger partial charge in [-0.05, 0) is 35.4 Å². The molecule has 2 aromatic carbocycles. The first-order valence-electron chi connectivity index (χ1n) is 10.1. The summed E-state index contributed by atoms with van der Waals surface area (Å²) in [5.74, 6) is 1.71. The van der Waals surface area contributed by atoms with Gasteiger partial charge in [-0.3, -0.25) is 4.90 Å². The van der Waals surface area contributed by atoms with Crippen molar-refractivity contribution in [1.82, 2.24) is 9.80 Å². The van der Waals surface area contributed by atoms with E-state index in [4.69, 9.17) is 18.9 Å². The fourth-order valence-corrected chi connectivity index (χ4v) is 4.35. The molecule has 3 heterocycles. The molecule has 1 N–H and O–H groups in total. The molecule has 2 aromatic rings. The molecular weight excluding hydrogens is 388 g/mol. The van der Waals surface area contributed by atoms with E-state index in [2.05, 4.69) is 29.2 Å². The van der Waals surface area contributed by atoms with Gasteiger partial charge in [0.05, 0.1) is 19.3 Å². The van der Waals surface area contributed by atoms with Crippen LogP contribution < -0.4 is 9.47 Å². The zero-order valence-corrected chi connectivity index (χ0v) is 16.6. The standard InChI is InChI=1S/C22H24N2O6/c25-22(26)24-7-5-23(6-8-24)21(15-1-3-19-17(9-15)11-27-13-29-19)16-2-4-20-18(10-16)12-28-14-30-20/h1-4,9-10,21H,5-8,11-14H2,(H,25,26). The van der Waals surface area contributed by atoms with E-state index in [9.17, 15) is 9.90 Å². The average Bonchev–Trinajstić information content (AvgIpc) is 2.79. The van der Waals surface area contributed by atoms with E-state index in [0.717, 1.165) is 33.8 Å². The molecule has 1 saturated heterocycles. The number of fused-ring (bicyclic) bond motifs is 2. The molecular formula is C22H24N2O6. The van der Waals surface area contributed by atoms with Crippen molar-refractivity contribution in [3.8, 4) is 11.5 Å². The van der Waals surface area contributed by atoms with Crippen LogP contribution in [0.3, 0.4) is 0 Å². The first-order valence-corrected chi connectivity index (χ1v) is 10.1. The maximum absolute atomic E-state index is 11.3. The van der Waals surface area contributed by atoms with Gasteiger partial charge in [0.1, 0.15) is 11.5 Å². The Morgan fingerprint density at radius 1 is 0.833 bits per heavy atom. The molecule has 5 rings (SSSR count). The summed E-state index contributed by atoms with van der Waals surface area (Å²) in [4.78, 5) is 15.1. The topological polar surface area (TPSA) is 80.7 Å². The quantitative estimate of drug-likeness (QED) is 0.830. The van der Waals surface area contributed by atoms with Gasteiger partial charge in [0.25, 0.3) is 0 Å². The number of nitrogens with zero attached hydrogens (tertiary/aromatic N) is 2. The molecule has 0 radical (unpaired) electrons. The highest BCUT2D eigenvalue weighted by atomic mass is 16.7. The lowest BCUT2D eigenvalue weighted by atomic mass is 9.93. The van der Waals surface area contributed by atoms with E-state index < -0.39 is 6.09 Å². The van der Waals surface area contributed by atoms with Crippen LogP contribution in [-0.2, 0) is 22.7 Å². The van der Waals surface area contributed by atoms with E-state index >= 15 is 0 Å². The molecule has 8 nitrogen and oxygen atoms in total. The van der Waals surface area contributed by atoms with Gasteiger partial charge >= 0.3 is 6.09 Å². The molecule has 0 aromatic heterocycles. The van der Waals surface area contributed by atoms with Gasteiger partial charge in [0, 0.05) is 37.3 Å². The van der Waals surface area contributed by atoms with Gasteiger partial charge in [-0.15, -0.1) is 0 Å². The third-order valence-electron chi connectivity index (χ3n) is 5.86. The van der Waals surface area contributed by atoms with Gasteiger partial charge in [0.2, 0.25) is 0 Å². The van der Waals surface area contributed by atoms with Gasteiger partial charge in [-0.2, -0.15) is 0 Å². The summed E-state index contributed by atoms with van der Waals surface area (Å²) in [5.41, 5.74) is 4.31. The Hall–Kier alpha value is -2.81. The number of ether oxygens (including phenoxy) is 4. The number of benzene rings is 2. The molecule has 158 valence electrons. The van der Waals surface area contributed by atoms with E-state index in [1.807, 2.05) is 12.1 Å². The van der Waals surface area contributed by atoms with Gasteiger partial charge in [0.15, 0.2) is 13.6 Å². The van der Waals surface area contributed by atoms with E-state index in [1.165, 1.54) is 4.90 Å². The Morgan fingerprint density at radius 3 is 1.87 bits per heavy atom. The molecule has 0 bridgehead atoms. The molecule has 8 heteroatoms. The second kappa shape index (κ2) is 8.14. The van der Waals surface area contributed by atoms with Crippen LogP contribution in [0.4, 0.5) is 4.79 Å². The second-order valence-electron chi connectivity index (χ2n) is 7.66.